The molecular formula is C22H17Cl5N4O4S. The van der Waals surface area contributed by atoms with Gasteiger partial charge in [0.2, 0.25) is 9.23 Å². The molecule has 0 saturated heterocycles. The lowest BCUT2D eigenvalue weighted by molar-refractivity contribution is 0.0696. The van der Waals surface area contributed by atoms with Crippen molar-refractivity contribution in [1.29, 1.82) is 0 Å². The van der Waals surface area contributed by atoms with E-state index in [1.165, 1.54) is 12.4 Å². The number of rotatable bonds is 4. The van der Waals surface area contributed by atoms with Crippen molar-refractivity contribution < 1.29 is 18.9 Å². The highest BCUT2D eigenvalue weighted by Gasteiger charge is 2.14. The van der Waals surface area contributed by atoms with Crippen LogP contribution in [0.15, 0.2) is 60.9 Å². The first-order valence-corrected chi connectivity index (χ1v) is 13.6. The van der Waals surface area contributed by atoms with Gasteiger partial charge in [0.25, 0.3) is 5.24 Å². The molecule has 0 spiro atoms. The fourth-order valence-electron chi connectivity index (χ4n) is 2.91. The maximum absolute atomic E-state index is 11.1. The summed E-state index contributed by atoms with van der Waals surface area (Å²) in [5.74, 6) is -0.974. The summed E-state index contributed by atoms with van der Waals surface area (Å²) < 4.78 is 12.3. The highest BCUT2D eigenvalue weighted by atomic mass is 36.0. The standard InChI is InChI=1S/C11H8Cl2N2O.C11H9ClN2O2.Cl2OS/c1-7-10(11(13)16)6-14-15(7)9-4-2-8(12)3-5-9;1-7-10(11(15)16)6-13-14(7)9-4-2-8(12)3-5-9;1-4(2)3/h2-6H,1H3;2-6H,1H3,(H,15,16);. The van der Waals surface area contributed by atoms with Gasteiger partial charge in [-0.25, -0.2) is 18.4 Å². The van der Waals surface area contributed by atoms with Crippen molar-refractivity contribution >= 4 is 76.6 Å². The number of hydrogen-bond acceptors (Lipinski definition) is 5. The summed E-state index contributed by atoms with van der Waals surface area (Å²) >= 11 is 17.0. The first-order valence-electron chi connectivity index (χ1n) is 9.70. The molecule has 0 saturated carbocycles. The zero-order valence-electron chi connectivity index (χ0n) is 18.5. The van der Waals surface area contributed by atoms with Gasteiger partial charge in [-0.1, -0.05) is 23.2 Å². The van der Waals surface area contributed by atoms with Crippen LogP contribution in [0.2, 0.25) is 10.0 Å². The van der Waals surface area contributed by atoms with E-state index in [-0.39, 0.29) is 5.56 Å². The SMILES string of the molecule is Cc1c(C(=O)Cl)cnn1-c1ccc(Cl)cc1.Cc1c(C(=O)O)cnn1-c1ccc(Cl)cc1.O=S(Cl)Cl. The molecule has 2 heterocycles. The van der Waals surface area contributed by atoms with Gasteiger partial charge in [0.1, 0.15) is 5.56 Å². The van der Waals surface area contributed by atoms with Crippen LogP contribution in [0.25, 0.3) is 11.4 Å². The Kier molecular flexibility index (Phi) is 11.4. The van der Waals surface area contributed by atoms with Gasteiger partial charge < -0.3 is 5.11 Å². The van der Waals surface area contributed by atoms with Gasteiger partial charge in [-0.05, 0) is 74.0 Å². The molecule has 14 heteroatoms. The number of hydrogen-bond donors (Lipinski definition) is 1. The van der Waals surface area contributed by atoms with Crippen molar-refractivity contribution in [3.05, 3.63) is 93.5 Å². The second-order valence-corrected chi connectivity index (χ2v) is 10.6. The predicted octanol–water partition coefficient (Wildman–Crippen LogP) is 6.79. The number of carbonyl (C=O) groups is 2. The number of halogens is 5. The van der Waals surface area contributed by atoms with E-state index >= 15 is 0 Å². The minimum absolute atomic E-state index is 0.204. The molecule has 0 aliphatic heterocycles. The average Bonchev–Trinajstić information content (AvgIpc) is 3.38. The Morgan fingerprint density at radius 3 is 1.39 bits per heavy atom. The monoisotopic (exact) mass is 608 g/mol. The van der Waals surface area contributed by atoms with Crippen molar-refractivity contribution in [3.63, 3.8) is 0 Å². The zero-order valence-corrected chi connectivity index (χ0v) is 23.1. The lowest BCUT2D eigenvalue weighted by atomic mass is 10.2. The van der Waals surface area contributed by atoms with Gasteiger partial charge >= 0.3 is 5.97 Å². The number of carbonyl (C=O) groups excluding carboxylic acids is 1. The van der Waals surface area contributed by atoms with Crippen LogP contribution in [0, 0.1) is 13.8 Å². The summed E-state index contributed by atoms with van der Waals surface area (Å²) in [6.07, 6.45) is 2.80. The molecule has 8 nitrogen and oxygen atoms in total. The molecule has 0 aliphatic carbocycles. The molecule has 1 N–H and O–H groups in total. The lowest BCUT2D eigenvalue weighted by Gasteiger charge is -2.04. The van der Waals surface area contributed by atoms with E-state index in [0.717, 1.165) is 11.4 Å². The van der Waals surface area contributed by atoms with Gasteiger partial charge in [0.15, 0.2) is 0 Å². The molecule has 0 aliphatic rings. The molecule has 2 aromatic carbocycles. The van der Waals surface area contributed by atoms with E-state index in [9.17, 15) is 9.59 Å². The fourth-order valence-corrected chi connectivity index (χ4v) is 3.34. The summed E-state index contributed by atoms with van der Waals surface area (Å²) in [5.41, 5.74) is 3.55. The number of aromatic nitrogens is 4. The summed E-state index contributed by atoms with van der Waals surface area (Å²) in [5, 5.41) is 17.8. The number of nitrogens with zero attached hydrogens (tertiary/aromatic N) is 4. The van der Waals surface area contributed by atoms with Crippen molar-refractivity contribution in [3.8, 4) is 11.4 Å². The molecule has 0 amide bonds. The minimum atomic E-state index is -1.67. The van der Waals surface area contributed by atoms with Crippen LogP contribution < -0.4 is 0 Å². The second kappa shape index (κ2) is 13.8. The third kappa shape index (κ3) is 8.33. The van der Waals surface area contributed by atoms with Crippen LogP contribution in [-0.4, -0.2) is 40.1 Å². The summed E-state index contributed by atoms with van der Waals surface area (Å²) in [7, 11) is 7.36. The zero-order chi connectivity index (χ0) is 27.0. The Balaban J connectivity index is 0.000000221. The van der Waals surface area contributed by atoms with Gasteiger partial charge in [0.05, 0.1) is 40.7 Å². The molecule has 4 rings (SSSR count). The average molecular weight is 611 g/mol. The smallest absolute Gasteiger partial charge is 0.339 e. The topological polar surface area (TPSA) is 107 Å². The van der Waals surface area contributed by atoms with E-state index in [2.05, 4.69) is 31.6 Å². The van der Waals surface area contributed by atoms with Gasteiger partial charge in [-0.15, -0.1) is 0 Å². The third-order valence-corrected chi connectivity index (χ3v) is 5.31. The van der Waals surface area contributed by atoms with Crippen molar-refractivity contribution in [2.24, 2.45) is 0 Å². The fraction of sp³-hybridized carbons (Fsp3) is 0.0909. The van der Waals surface area contributed by atoms with Crippen LogP contribution in [0.5, 0.6) is 0 Å². The maximum Gasteiger partial charge on any atom is 0.339 e. The normalized spacial score (nSPS) is 10.2. The van der Waals surface area contributed by atoms with Crippen molar-refractivity contribution in [2.75, 3.05) is 0 Å². The highest BCUT2D eigenvalue weighted by molar-refractivity contribution is 8.26. The lowest BCUT2D eigenvalue weighted by Crippen LogP contribution is -2.02. The van der Waals surface area contributed by atoms with Crippen LogP contribution >= 0.6 is 56.2 Å². The largest absolute Gasteiger partial charge is 0.478 e. The Morgan fingerprint density at radius 1 is 0.778 bits per heavy atom. The van der Waals surface area contributed by atoms with E-state index in [0.29, 0.717) is 27.0 Å². The van der Waals surface area contributed by atoms with E-state index in [1.807, 2.05) is 12.1 Å². The summed E-state index contributed by atoms with van der Waals surface area (Å²) in [6, 6.07) is 14.2. The van der Waals surface area contributed by atoms with Gasteiger partial charge in [0, 0.05) is 31.4 Å². The molecule has 4 aromatic rings. The van der Waals surface area contributed by atoms with Crippen LogP contribution in [0.3, 0.4) is 0 Å². The number of carboxylic acids is 1. The third-order valence-electron chi connectivity index (χ3n) is 4.60. The van der Waals surface area contributed by atoms with Gasteiger partial charge in [-0.2, -0.15) is 10.2 Å². The van der Waals surface area contributed by atoms with Crippen LogP contribution in [0.4, 0.5) is 0 Å². The number of benzene rings is 2. The summed E-state index contributed by atoms with van der Waals surface area (Å²) in [4.78, 5) is 21.9. The maximum atomic E-state index is 11.1. The number of carboxylic acid groups (broad SMARTS) is 1. The minimum Gasteiger partial charge on any atom is -0.478 e. The van der Waals surface area contributed by atoms with E-state index in [4.69, 9.17) is 44.1 Å². The Morgan fingerprint density at radius 2 is 1.11 bits per heavy atom. The molecule has 36 heavy (non-hydrogen) atoms. The van der Waals surface area contributed by atoms with Crippen LogP contribution in [0.1, 0.15) is 32.1 Å². The summed E-state index contributed by atoms with van der Waals surface area (Å²) in [6.45, 7) is 3.50. The Hall–Kier alpha value is -2.40. The van der Waals surface area contributed by atoms with Crippen LogP contribution in [-0.2, 0) is 9.23 Å². The molecule has 0 radical (unpaired) electrons. The molecule has 0 fully saturated rings. The predicted molar refractivity (Wildman–Crippen MR) is 144 cm³/mol. The quantitative estimate of drug-likeness (QED) is 0.255. The Labute approximate surface area is 232 Å². The highest BCUT2D eigenvalue weighted by Crippen LogP contribution is 2.18. The van der Waals surface area contributed by atoms with Crippen molar-refractivity contribution in [2.45, 2.75) is 13.8 Å². The van der Waals surface area contributed by atoms with Gasteiger partial charge in [-0.3, -0.25) is 4.79 Å². The van der Waals surface area contributed by atoms with Crippen molar-refractivity contribution in [1.82, 2.24) is 19.6 Å². The molecular weight excluding hydrogens is 594 g/mol. The Bertz CT molecular complexity index is 1270. The molecule has 2 aromatic heterocycles. The van der Waals surface area contributed by atoms with E-state index in [1.54, 1.807) is 59.6 Å². The molecule has 0 unspecified atom stereocenters. The first-order chi connectivity index (χ1) is 16.9. The second-order valence-electron chi connectivity index (χ2n) is 6.83. The molecule has 190 valence electrons. The van der Waals surface area contributed by atoms with E-state index < -0.39 is 20.4 Å². The number of aromatic carboxylic acids is 1. The molecule has 0 bridgehead atoms. The first kappa shape index (κ1) is 29.8. The molecule has 0 atom stereocenters.